The van der Waals surface area contributed by atoms with Crippen molar-refractivity contribution in [2.75, 3.05) is 32.6 Å². The largest absolute Gasteiger partial charge is 0.493 e. The van der Waals surface area contributed by atoms with E-state index in [0.29, 0.717) is 12.2 Å². The summed E-state index contributed by atoms with van der Waals surface area (Å²) in [6.45, 7) is -0.564. The molecule has 7 nitrogen and oxygen atoms in total. The maximum absolute atomic E-state index is 13.5. The molecule has 11 heteroatoms. The molecule has 0 fully saturated rings. The summed E-state index contributed by atoms with van der Waals surface area (Å²) in [5.41, 5.74) is 0.119. The number of nitrogens with one attached hydrogen (secondary N) is 1. The Morgan fingerprint density at radius 2 is 1.56 bits per heavy atom. The Hall–Kier alpha value is -3.57. The molecule has 0 aromatic heterocycles. The number of hydrogen-bond acceptors (Lipinski definition) is 5. The number of halogens is 3. The van der Waals surface area contributed by atoms with Gasteiger partial charge >= 0.3 is 6.18 Å². The van der Waals surface area contributed by atoms with E-state index in [4.69, 9.17) is 9.47 Å². The average Bonchev–Trinajstić information content (AvgIpc) is 2.86. The second kappa shape index (κ2) is 11.4. The van der Waals surface area contributed by atoms with Gasteiger partial charge in [-0.05, 0) is 48.4 Å². The number of hydrogen-bond donors (Lipinski definition) is 1. The topological polar surface area (TPSA) is 84.9 Å². The van der Waals surface area contributed by atoms with Crippen LogP contribution in [0.5, 0.6) is 11.5 Å². The molecule has 192 valence electrons. The van der Waals surface area contributed by atoms with E-state index in [2.05, 4.69) is 5.32 Å². The summed E-state index contributed by atoms with van der Waals surface area (Å²) in [4.78, 5) is 12.6. The zero-order valence-electron chi connectivity index (χ0n) is 19.6. The summed E-state index contributed by atoms with van der Waals surface area (Å²) in [5.74, 6) is -0.157. The van der Waals surface area contributed by atoms with Crippen molar-refractivity contribution in [2.24, 2.45) is 0 Å². The van der Waals surface area contributed by atoms with E-state index in [1.54, 1.807) is 0 Å². The van der Waals surface area contributed by atoms with Gasteiger partial charge in [0.05, 0.1) is 31.2 Å². The Labute approximate surface area is 207 Å². The van der Waals surface area contributed by atoms with Crippen LogP contribution in [0.4, 0.5) is 18.9 Å². The molecule has 1 amide bonds. The average molecular weight is 523 g/mol. The van der Waals surface area contributed by atoms with Gasteiger partial charge in [0, 0.05) is 18.3 Å². The number of carbonyl (C=O) groups excluding carboxylic acids is 1. The van der Waals surface area contributed by atoms with Crippen LogP contribution < -0.4 is 14.8 Å². The summed E-state index contributed by atoms with van der Waals surface area (Å²) >= 11 is 0. The first kappa shape index (κ1) is 27.0. The lowest BCUT2D eigenvalue weighted by Gasteiger charge is -2.22. The van der Waals surface area contributed by atoms with Crippen LogP contribution in [0, 0.1) is 0 Å². The molecular weight excluding hydrogens is 497 g/mol. The van der Waals surface area contributed by atoms with Crippen molar-refractivity contribution in [1.29, 1.82) is 0 Å². The van der Waals surface area contributed by atoms with Gasteiger partial charge in [-0.1, -0.05) is 30.3 Å². The number of anilines is 1. The molecule has 0 aliphatic heterocycles. The second-order valence-electron chi connectivity index (χ2n) is 7.71. The van der Waals surface area contributed by atoms with E-state index in [9.17, 15) is 26.4 Å². The van der Waals surface area contributed by atoms with Crippen molar-refractivity contribution in [3.63, 3.8) is 0 Å². The number of benzene rings is 3. The predicted octanol–water partition coefficient (Wildman–Crippen LogP) is 4.59. The molecular formula is C25H25F3N2O5S. The van der Waals surface area contributed by atoms with Gasteiger partial charge in [0.2, 0.25) is 15.9 Å². The minimum absolute atomic E-state index is 0.0128. The van der Waals surface area contributed by atoms with Crippen LogP contribution in [0.3, 0.4) is 0 Å². The lowest BCUT2D eigenvalue weighted by molar-refractivity contribution is -0.137. The highest BCUT2D eigenvalue weighted by atomic mass is 32.2. The number of rotatable bonds is 10. The first-order valence-electron chi connectivity index (χ1n) is 10.8. The molecule has 0 unspecified atom stereocenters. The molecule has 0 bridgehead atoms. The number of alkyl halides is 3. The summed E-state index contributed by atoms with van der Waals surface area (Å²) in [6, 6.07) is 17.1. The highest BCUT2D eigenvalue weighted by molar-refractivity contribution is 7.89. The molecule has 3 rings (SSSR count). The monoisotopic (exact) mass is 522 g/mol. The van der Waals surface area contributed by atoms with Gasteiger partial charge in [-0.25, -0.2) is 8.42 Å². The van der Waals surface area contributed by atoms with Gasteiger partial charge < -0.3 is 14.8 Å². The molecule has 0 saturated heterocycles. The molecule has 0 heterocycles. The zero-order valence-corrected chi connectivity index (χ0v) is 20.4. The lowest BCUT2D eigenvalue weighted by atomic mass is 10.1. The fourth-order valence-corrected chi connectivity index (χ4v) is 4.82. The Bertz CT molecular complexity index is 1280. The van der Waals surface area contributed by atoms with Gasteiger partial charge in [0.25, 0.3) is 0 Å². The van der Waals surface area contributed by atoms with Crippen molar-refractivity contribution in [1.82, 2.24) is 4.31 Å². The normalized spacial score (nSPS) is 11.8. The predicted molar refractivity (Wildman–Crippen MR) is 129 cm³/mol. The van der Waals surface area contributed by atoms with Crippen LogP contribution in [0.2, 0.25) is 0 Å². The van der Waals surface area contributed by atoms with E-state index in [-0.39, 0.29) is 22.9 Å². The van der Waals surface area contributed by atoms with Crippen molar-refractivity contribution in [3.8, 4) is 11.5 Å². The van der Waals surface area contributed by atoms with Gasteiger partial charge in [-0.2, -0.15) is 17.5 Å². The highest BCUT2D eigenvalue weighted by Gasteiger charge is 2.30. The number of amides is 1. The fraction of sp³-hybridized carbons (Fsp3) is 0.240. The van der Waals surface area contributed by atoms with Crippen molar-refractivity contribution in [3.05, 3.63) is 83.9 Å². The summed E-state index contributed by atoms with van der Waals surface area (Å²) in [7, 11) is -1.36. The first-order chi connectivity index (χ1) is 17.0. The van der Waals surface area contributed by atoms with E-state index in [1.165, 1.54) is 32.4 Å². The summed E-state index contributed by atoms with van der Waals surface area (Å²) in [6.07, 6.45) is -4.18. The van der Waals surface area contributed by atoms with Crippen LogP contribution in [-0.2, 0) is 27.4 Å². The number of sulfonamides is 1. The first-order valence-corrected chi connectivity index (χ1v) is 12.2. The molecule has 0 aliphatic carbocycles. The van der Waals surface area contributed by atoms with Gasteiger partial charge in [-0.15, -0.1) is 0 Å². The van der Waals surface area contributed by atoms with E-state index >= 15 is 0 Å². The maximum Gasteiger partial charge on any atom is 0.416 e. The Morgan fingerprint density at radius 1 is 0.917 bits per heavy atom. The van der Waals surface area contributed by atoms with Crippen molar-refractivity contribution < 1.29 is 35.9 Å². The standard InChI is InChI=1S/C25H25F3N2O5S/c1-34-22-13-12-21(16-23(22)35-2)36(32,33)30(15-14-18-6-4-3-5-7-18)17-24(31)29-20-10-8-19(9-11-20)25(26,27)28/h3-13,16H,14-15,17H2,1-2H3,(H,29,31). The Balaban J connectivity index is 1.84. The van der Waals surface area contributed by atoms with Gasteiger partial charge in [-0.3, -0.25) is 4.79 Å². The minimum atomic E-state index is -4.51. The van der Waals surface area contributed by atoms with E-state index in [1.807, 2.05) is 30.3 Å². The third-order valence-electron chi connectivity index (χ3n) is 5.30. The molecule has 0 aliphatic rings. The van der Waals surface area contributed by atoms with Crippen molar-refractivity contribution in [2.45, 2.75) is 17.5 Å². The quantitative estimate of drug-likeness (QED) is 0.421. The molecule has 0 spiro atoms. The molecule has 0 saturated carbocycles. The third kappa shape index (κ3) is 6.76. The van der Waals surface area contributed by atoms with Crippen LogP contribution in [0.25, 0.3) is 0 Å². The molecule has 3 aromatic rings. The lowest BCUT2D eigenvalue weighted by Crippen LogP contribution is -2.39. The SMILES string of the molecule is COc1ccc(S(=O)(=O)N(CCc2ccccc2)CC(=O)Nc2ccc(C(F)(F)F)cc2)cc1OC. The third-order valence-corrected chi connectivity index (χ3v) is 7.14. The summed E-state index contributed by atoms with van der Waals surface area (Å²) < 4.78 is 76.7. The number of methoxy groups -OCH3 is 2. The molecule has 0 radical (unpaired) electrons. The second-order valence-corrected chi connectivity index (χ2v) is 9.65. The van der Waals surface area contributed by atoms with E-state index < -0.39 is 34.2 Å². The smallest absolute Gasteiger partial charge is 0.416 e. The zero-order chi connectivity index (χ0) is 26.3. The number of ether oxygens (including phenoxy) is 2. The van der Waals surface area contributed by atoms with Crippen LogP contribution in [-0.4, -0.2) is 45.9 Å². The van der Waals surface area contributed by atoms with Gasteiger partial charge in [0.1, 0.15) is 0 Å². The Morgan fingerprint density at radius 3 is 2.14 bits per heavy atom. The molecule has 1 N–H and O–H groups in total. The molecule has 3 aromatic carbocycles. The maximum atomic E-state index is 13.5. The highest BCUT2D eigenvalue weighted by Crippen LogP contribution is 2.31. The molecule has 0 atom stereocenters. The number of nitrogens with zero attached hydrogens (tertiary/aromatic N) is 1. The number of carbonyl (C=O) groups is 1. The van der Waals surface area contributed by atoms with Crippen LogP contribution >= 0.6 is 0 Å². The van der Waals surface area contributed by atoms with Crippen LogP contribution in [0.1, 0.15) is 11.1 Å². The summed E-state index contributed by atoms with van der Waals surface area (Å²) in [5, 5.41) is 2.46. The fourth-order valence-electron chi connectivity index (χ4n) is 3.41. The van der Waals surface area contributed by atoms with Crippen LogP contribution in [0.15, 0.2) is 77.7 Å². The van der Waals surface area contributed by atoms with E-state index in [0.717, 1.165) is 34.1 Å². The van der Waals surface area contributed by atoms with Gasteiger partial charge in [0.15, 0.2) is 11.5 Å². The molecule has 36 heavy (non-hydrogen) atoms. The minimum Gasteiger partial charge on any atom is -0.493 e. The Kier molecular flexibility index (Phi) is 8.59. The van der Waals surface area contributed by atoms with Crippen molar-refractivity contribution >= 4 is 21.6 Å².